The molecule has 0 spiro atoms. The van der Waals surface area contributed by atoms with Gasteiger partial charge in [0.1, 0.15) is 5.00 Å². The normalized spacial score (nSPS) is 18.1. The summed E-state index contributed by atoms with van der Waals surface area (Å²) in [5, 5.41) is 7.04. The SMILES string of the molecule is CNc1snc(C)c1C(=O)N[C@@H]1CCN(Cc2ccccc2)C1. The number of aromatic nitrogens is 1. The minimum absolute atomic E-state index is 0.0211. The molecule has 2 N–H and O–H groups in total. The number of nitrogens with zero attached hydrogens (tertiary/aromatic N) is 2. The topological polar surface area (TPSA) is 57.3 Å². The van der Waals surface area contributed by atoms with Crippen LogP contribution in [0.2, 0.25) is 0 Å². The minimum atomic E-state index is -0.0211. The van der Waals surface area contributed by atoms with Gasteiger partial charge in [0, 0.05) is 32.7 Å². The van der Waals surface area contributed by atoms with Crippen molar-refractivity contribution in [2.24, 2.45) is 0 Å². The number of likely N-dealkylation sites (tertiary alicyclic amines) is 1. The van der Waals surface area contributed by atoms with E-state index in [-0.39, 0.29) is 11.9 Å². The largest absolute Gasteiger partial charge is 0.378 e. The molecule has 1 fully saturated rings. The molecule has 1 aliphatic heterocycles. The summed E-state index contributed by atoms with van der Waals surface area (Å²) in [6.07, 6.45) is 0.990. The molecule has 6 heteroatoms. The van der Waals surface area contributed by atoms with Crippen molar-refractivity contribution in [2.45, 2.75) is 25.9 Å². The molecule has 0 saturated carbocycles. The Labute approximate surface area is 140 Å². The maximum absolute atomic E-state index is 12.5. The van der Waals surface area contributed by atoms with Crippen LogP contribution in [-0.4, -0.2) is 41.4 Å². The Bertz CT molecular complexity index is 670. The molecule has 0 radical (unpaired) electrons. The van der Waals surface area contributed by atoms with Crippen molar-refractivity contribution in [3.05, 3.63) is 47.2 Å². The van der Waals surface area contributed by atoms with Gasteiger partial charge < -0.3 is 10.6 Å². The van der Waals surface area contributed by atoms with E-state index in [1.807, 2.05) is 20.0 Å². The van der Waals surface area contributed by atoms with Crippen LogP contribution in [0, 0.1) is 6.92 Å². The van der Waals surface area contributed by atoms with E-state index in [2.05, 4.69) is 44.2 Å². The van der Waals surface area contributed by atoms with Gasteiger partial charge in [-0.2, -0.15) is 4.37 Å². The summed E-state index contributed by atoms with van der Waals surface area (Å²) in [4.78, 5) is 14.9. The van der Waals surface area contributed by atoms with Crippen molar-refractivity contribution in [1.82, 2.24) is 14.6 Å². The highest BCUT2D eigenvalue weighted by molar-refractivity contribution is 7.10. The first-order valence-electron chi connectivity index (χ1n) is 7.88. The smallest absolute Gasteiger partial charge is 0.256 e. The van der Waals surface area contributed by atoms with E-state index in [1.165, 1.54) is 17.1 Å². The highest BCUT2D eigenvalue weighted by Crippen LogP contribution is 2.24. The zero-order chi connectivity index (χ0) is 16.2. The van der Waals surface area contributed by atoms with E-state index >= 15 is 0 Å². The van der Waals surface area contributed by atoms with Gasteiger partial charge in [-0.15, -0.1) is 0 Å². The van der Waals surface area contributed by atoms with Crippen molar-refractivity contribution in [3.63, 3.8) is 0 Å². The summed E-state index contributed by atoms with van der Waals surface area (Å²) in [6, 6.07) is 10.7. The van der Waals surface area contributed by atoms with Crippen LogP contribution >= 0.6 is 11.5 Å². The van der Waals surface area contributed by atoms with Crippen molar-refractivity contribution in [3.8, 4) is 0 Å². The molecule has 122 valence electrons. The van der Waals surface area contributed by atoms with E-state index < -0.39 is 0 Å². The van der Waals surface area contributed by atoms with Gasteiger partial charge in [0.15, 0.2) is 0 Å². The lowest BCUT2D eigenvalue weighted by Gasteiger charge is -2.17. The molecule has 5 nitrogen and oxygen atoms in total. The summed E-state index contributed by atoms with van der Waals surface area (Å²) in [6.45, 7) is 4.72. The standard InChI is InChI=1S/C17H22N4OS/c1-12-15(17(18-2)23-20-12)16(22)19-14-8-9-21(11-14)10-13-6-4-3-5-7-13/h3-7,14,18H,8-11H2,1-2H3,(H,19,22)/t14-/m1/s1. The Morgan fingerprint density at radius 3 is 2.91 bits per heavy atom. The van der Waals surface area contributed by atoms with Gasteiger partial charge in [-0.1, -0.05) is 30.3 Å². The van der Waals surface area contributed by atoms with E-state index in [1.54, 1.807) is 0 Å². The third-order valence-corrected chi connectivity index (χ3v) is 5.13. The summed E-state index contributed by atoms with van der Waals surface area (Å²) < 4.78 is 4.26. The fourth-order valence-corrected chi connectivity index (χ4v) is 3.74. The maximum atomic E-state index is 12.5. The number of aryl methyl sites for hydroxylation is 1. The molecule has 1 atom stereocenters. The summed E-state index contributed by atoms with van der Waals surface area (Å²) in [7, 11) is 1.82. The molecule has 1 aliphatic rings. The Morgan fingerprint density at radius 1 is 1.39 bits per heavy atom. The van der Waals surface area contributed by atoms with Crippen LogP contribution in [0.25, 0.3) is 0 Å². The van der Waals surface area contributed by atoms with Gasteiger partial charge in [-0.3, -0.25) is 9.69 Å². The summed E-state index contributed by atoms with van der Waals surface area (Å²) in [5.41, 5.74) is 2.78. The monoisotopic (exact) mass is 330 g/mol. The second kappa shape index (κ2) is 7.10. The first-order chi connectivity index (χ1) is 11.2. The molecule has 0 bridgehead atoms. The van der Waals surface area contributed by atoms with Gasteiger partial charge in [0.2, 0.25) is 0 Å². The lowest BCUT2D eigenvalue weighted by atomic mass is 10.2. The third-order valence-electron chi connectivity index (χ3n) is 4.17. The molecule has 0 aliphatic carbocycles. The Morgan fingerprint density at radius 2 is 2.17 bits per heavy atom. The van der Waals surface area contributed by atoms with Gasteiger partial charge in [0.25, 0.3) is 5.91 Å². The van der Waals surface area contributed by atoms with Crippen molar-refractivity contribution < 1.29 is 4.79 Å². The van der Waals surface area contributed by atoms with Gasteiger partial charge in [-0.25, -0.2) is 0 Å². The third kappa shape index (κ3) is 3.71. The number of hydrogen-bond donors (Lipinski definition) is 2. The number of carbonyl (C=O) groups excluding carboxylic acids is 1. The highest BCUT2D eigenvalue weighted by atomic mass is 32.1. The van der Waals surface area contributed by atoms with Crippen molar-refractivity contribution in [2.75, 3.05) is 25.5 Å². The van der Waals surface area contributed by atoms with Crippen LogP contribution in [0.4, 0.5) is 5.00 Å². The number of amides is 1. The molecule has 1 saturated heterocycles. The first kappa shape index (κ1) is 16.0. The molecule has 1 aromatic carbocycles. The fraction of sp³-hybridized carbons (Fsp3) is 0.412. The van der Waals surface area contributed by atoms with E-state index in [9.17, 15) is 4.79 Å². The van der Waals surface area contributed by atoms with Gasteiger partial charge in [-0.05, 0) is 30.4 Å². The molecule has 23 heavy (non-hydrogen) atoms. The number of hydrogen-bond acceptors (Lipinski definition) is 5. The zero-order valence-electron chi connectivity index (χ0n) is 13.5. The Kier molecular flexibility index (Phi) is 4.93. The van der Waals surface area contributed by atoms with Gasteiger partial charge >= 0.3 is 0 Å². The average Bonchev–Trinajstić information content (AvgIpc) is 3.14. The van der Waals surface area contributed by atoms with E-state index in [4.69, 9.17) is 0 Å². The lowest BCUT2D eigenvalue weighted by Crippen LogP contribution is -2.37. The highest BCUT2D eigenvalue weighted by Gasteiger charge is 2.26. The number of rotatable bonds is 5. The predicted octanol–water partition coefficient (Wildman–Crippen LogP) is 2.50. The second-order valence-electron chi connectivity index (χ2n) is 5.90. The molecule has 0 unspecified atom stereocenters. The molecular formula is C17H22N4OS. The number of benzene rings is 1. The van der Waals surface area contributed by atoms with Crippen molar-refractivity contribution >= 4 is 22.4 Å². The van der Waals surface area contributed by atoms with Crippen molar-refractivity contribution in [1.29, 1.82) is 0 Å². The van der Waals surface area contributed by atoms with Crippen LogP contribution < -0.4 is 10.6 Å². The van der Waals surface area contributed by atoms with Crippen LogP contribution in [0.1, 0.15) is 28.0 Å². The number of carbonyl (C=O) groups is 1. The zero-order valence-corrected chi connectivity index (χ0v) is 14.3. The first-order valence-corrected chi connectivity index (χ1v) is 8.66. The number of anilines is 1. The van der Waals surface area contributed by atoms with Crippen LogP contribution in [0.5, 0.6) is 0 Å². The second-order valence-corrected chi connectivity index (χ2v) is 6.68. The quantitative estimate of drug-likeness (QED) is 0.884. The fourth-order valence-electron chi connectivity index (χ4n) is 3.00. The molecular weight excluding hydrogens is 308 g/mol. The molecule has 2 heterocycles. The molecule has 2 aromatic rings. The summed E-state index contributed by atoms with van der Waals surface area (Å²) in [5.74, 6) is -0.0211. The Balaban J connectivity index is 1.57. The summed E-state index contributed by atoms with van der Waals surface area (Å²) >= 11 is 1.33. The Hall–Kier alpha value is -1.92. The number of nitrogens with one attached hydrogen (secondary N) is 2. The molecule has 3 rings (SSSR count). The average molecular weight is 330 g/mol. The van der Waals surface area contributed by atoms with Crippen LogP contribution in [0.15, 0.2) is 30.3 Å². The molecule has 1 amide bonds. The maximum Gasteiger partial charge on any atom is 0.256 e. The predicted molar refractivity (Wildman–Crippen MR) is 94.0 cm³/mol. The van der Waals surface area contributed by atoms with E-state index in [0.717, 1.165) is 36.8 Å². The van der Waals surface area contributed by atoms with Gasteiger partial charge in [0.05, 0.1) is 11.3 Å². The molecule has 1 aromatic heterocycles. The van der Waals surface area contributed by atoms with Crippen LogP contribution in [-0.2, 0) is 6.54 Å². The minimum Gasteiger partial charge on any atom is -0.378 e. The van der Waals surface area contributed by atoms with Crippen LogP contribution in [0.3, 0.4) is 0 Å². The van der Waals surface area contributed by atoms with E-state index in [0.29, 0.717) is 5.56 Å². The lowest BCUT2D eigenvalue weighted by molar-refractivity contribution is 0.0938.